The lowest BCUT2D eigenvalue weighted by Gasteiger charge is -2.27. The van der Waals surface area contributed by atoms with Crippen LogP contribution in [0.2, 0.25) is 0 Å². The van der Waals surface area contributed by atoms with Gasteiger partial charge in [0.1, 0.15) is 11.5 Å². The Labute approximate surface area is 137 Å². The normalized spacial score (nSPS) is 11.1. The van der Waals surface area contributed by atoms with Crippen molar-refractivity contribution in [2.45, 2.75) is 33.1 Å². The van der Waals surface area contributed by atoms with Crippen LogP contribution >= 0.6 is 0 Å². The molecule has 0 aromatic heterocycles. The van der Waals surface area contributed by atoms with E-state index >= 15 is 0 Å². The van der Waals surface area contributed by atoms with Gasteiger partial charge in [-0.15, -0.1) is 0 Å². The van der Waals surface area contributed by atoms with Gasteiger partial charge in [-0.2, -0.15) is 0 Å². The monoisotopic (exact) mass is 310 g/mol. The van der Waals surface area contributed by atoms with E-state index in [1.54, 1.807) is 12.1 Å². The lowest BCUT2D eigenvalue weighted by Crippen LogP contribution is -2.19. The number of esters is 1. The van der Waals surface area contributed by atoms with Crippen LogP contribution in [0.5, 0.6) is 11.5 Å². The molecular formula is C20H22O3. The highest BCUT2D eigenvalue weighted by Gasteiger charge is 2.24. The van der Waals surface area contributed by atoms with Gasteiger partial charge in [-0.3, -0.25) is 0 Å². The number of aryl methyl sites for hydroxylation is 2. The molecule has 0 aliphatic carbocycles. The number of carbonyl (C=O) groups is 1. The molecule has 0 spiro atoms. The van der Waals surface area contributed by atoms with E-state index in [9.17, 15) is 9.90 Å². The van der Waals surface area contributed by atoms with Crippen LogP contribution in [0, 0.1) is 13.8 Å². The van der Waals surface area contributed by atoms with Crippen molar-refractivity contribution in [3.63, 3.8) is 0 Å². The van der Waals surface area contributed by atoms with Crippen molar-refractivity contribution in [1.82, 2.24) is 0 Å². The molecule has 1 N–H and O–H groups in total. The van der Waals surface area contributed by atoms with Gasteiger partial charge in [-0.1, -0.05) is 44.7 Å². The number of benzene rings is 2. The number of rotatable bonds is 4. The minimum absolute atomic E-state index is 0.232. The van der Waals surface area contributed by atoms with Crippen LogP contribution in [-0.4, -0.2) is 11.1 Å². The summed E-state index contributed by atoms with van der Waals surface area (Å²) in [4.78, 5) is 11.3. The maximum atomic E-state index is 11.3. The van der Waals surface area contributed by atoms with Crippen molar-refractivity contribution >= 4 is 5.97 Å². The number of ether oxygens (including phenoxy) is 1. The van der Waals surface area contributed by atoms with Crippen LogP contribution in [0.15, 0.2) is 49.1 Å². The number of carbonyl (C=O) groups excluding carboxylic acids is 1. The Bertz CT molecular complexity index is 757. The number of phenolic OH excluding ortho intramolecular Hbond substituents is 1. The van der Waals surface area contributed by atoms with E-state index in [0.717, 1.165) is 28.3 Å². The van der Waals surface area contributed by atoms with E-state index in [1.807, 2.05) is 38.1 Å². The number of aromatic hydroxyl groups is 1. The molecule has 0 saturated heterocycles. The van der Waals surface area contributed by atoms with Crippen LogP contribution in [0.3, 0.4) is 0 Å². The van der Waals surface area contributed by atoms with Crippen molar-refractivity contribution in [2.24, 2.45) is 0 Å². The molecule has 0 aliphatic heterocycles. The molecule has 0 amide bonds. The summed E-state index contributed by atoms with van der Waals surface area (Å²) in [6.45, 7) is 11.5. The minimum atomic E-state index is -0.464. The van der Waals surface area contributed by atoms with Crippen LogP contribution < -0.4 is 4.74 Å². The number of hydrogen-bond acceptors (Lipinski definition) is 3. The summed E-state index contributed by atoms with van der Waals surface area (Å²) in [6, 6.07) is 11.4. The largest absolute Gasteiger partial charge is 0.508 e. The zero-order chi connectivity index (χ0) is 17.2. The van der Waals surface area contributed by atoms with Crippen LogP contribution in [0.25, 0.3) is 0 Å². The second kappa shape index (κ2) is 6.29. The SMILES string of the molecule is C=CC(=O)Oc1ccc(C(C)(C)c2ccc(O)c(C)c2)cc1C. The van der Waals surface area contributed by atoms with E-state index < -0.39 is 5.97 Å². The molecule has 2 rings (SSSR count). The topological polar surface area (TPSA) is 46.5 Å². The molecular weight excluding hydrogens is 288 g/mol. The Morgan fingerprint density at radius 1 is 1.09 bits per heavy atom. The molecule has 0 unspecified atom stereocenters. The molecule has 0 atom stereocenters. The molecule has 2 aromatic carbocycles. The third-order valence-corrected chi connectivity index (χ3v) is 4.19. The van der Waals surface area contributed by atoms with Gasteiger partial charge in [0, 0.05) is 11.5 Å². The van der Waals surface area contributed by atoms with Gasteiger partial charge in [0.05, 0.1) is 0 Å². The Kier molecular flexibility index (Phi) is 4.60. The molecule has 120 valence electrons. The second-order valence-electron chi connectivity index (χ2n) is 6.23. The first kappa shape index (κ1) is 16.8. The number of phenols is 1. The van der Waals surface area contributed by atoms with Gasteiger partial charge in [0.25, 0.3) is 0 Å². The van der Waals surface area contributed by atoms with Gasteiger partial charge in [-0.25, -0.2) is 4.79 Å². The first-order valence-electron chi connectivity index (χ1n) is 7.51. The van der Waals surface area contributed by atoms with Crippen molar-refractivity contribution in [1.29, 1.82) is 0 Å². The van der Waals surface area contributed by atoms with Gasteiger partial charge in [0.15, 0.2) is 0 Å². The average molecular weight is 310 g/mol. The van der Waals surface area contributed by atoms with E-state index in [-0.39, 0.29) is 5.41 Å². The molecule has 0 fully saturated rings. The fourth-order valence-corrected chi connectivity index (χ4v) is 2.51. The van der Waals surface area contributed by atoms with Crippen LogP contribution in [0.4, 0.5) is 0 Å². The maximum Gasteiger partial charge on any atom is 0.335 e. The van der Waals surface area contributed by atoms with Crippen molar-refractivity contribution in [3.05, 3.63) is 71.3 Å². The second-order valence-corrected chi connectivity index (χ2v) is 6.23. The summed E-state index contributed by atoms with van der Waals surface area (Å²) < 4.78 is 5.21. The van der Waals surface area contributed by atoms with E-state index in [0.29, 0.717) is 11.5 Å². The fourth-order valence-electron chi connectivity index (χ4n) is 2.51. The smallest absolute Gasteiger partial charge is 0.335 e. The summed E-state index contributed by atoms with van der Waals surface area (Å²) >= 11 is 0. The third-order valence-electron chi connectivity index (χ3n) is 4.19. The highest BCUT2D eigenvalue weighted by atomic mass is 16.5. The molecule has 2 aromatic rings. The van der Waals surface area contributed by atoms with Crippen molar-refractivity contribution in [3.8, 4) is 11.5 Å². The maximum absolute atomic E-state index is 11.3. The Morgan fingerprint density at radius 2 is 1.65 bits per heavy atom. The number of hydrogen-bond donors (Lipinski definition) is 1. The van der Waals surface area contributed by atoms with Gasteiger partial charge in [-0.05, 0) is 48.2 Å². The molecule has 23 heavy (non-hydrogen) atoms. The third kappa shape index (κ3) is 3.45. The Balaban J connectivity index is 2.39. The lowest BCUT2D eigenvalue weighted by molar-refractivity contribution is -0.129. The summed E-state index contributed by atoms with van der Waals surface area (Å²) in [5.41, 5.74) is 3.73. The zero-order valence-electron chi connectivity index (χ0n) is 14.0. The minimum Gasteiger partial charge on any atom is -0.508 e. The molecule has 0 saturated carbocycles. The molecule has 0 radical (unpaired) electrons. The van der Waals surface area contributed by atoms with Crippen molar-refractivity contribution < 1.29 is 14.6 Å². The molecule has 3 heteroatoms. The zero-order valence-corrected chi connectivity index (χ0v) is 14.0. The molecule has 0 heterocycles. The predicted molar refractivity (Wildman–Crippen MR) is 92.0 cm³/mol. The summed E-state index contributed by atoms with van der Waals surface area (Å²) in [6.07, 6.45) is 1.15. The highest BCUT2D eigenvalue weighted by molar-refractivity contribution is 5.83. The Morgan fingerprint density at radius 3 is 2.17 bits per heavy atom. The summed E-state index contributed by atoms with van der Waals surface area (Å²) in [5, 5.41) is 9.71. The lowest BCUT2D eigenvalue weighted by atomic mass is 9.77. The summed E-state index contributed by atoms with van der Waals surface area (Å²) in [7, 11) is 0. The van der Waals surface area contributed by atoms with Gasteiger partial charge >= 0.3 is 5.97 Å². The first-order valence-corrected chi connectivity index (χ1v) is 7.51. The van der Waals surface area contributed by atoms with Crippen LogP contribution in [0.1, 0.15) is 36.1 Å². The van der Waals surface area contributed by atoms with E-state index in [4.69, 9.17) is 4.74 Å². The first-order chi connectivity index (χ1) is 10.8. The molecule has 0 bridgehead atoms. The average Bonchev–Trinajstić information content (AvgIpc) is 2.51. The Hall–Kier alpha value is -2.55. The van der Waals surface area contributed by atoms with Crippen LogP contribution in [-0.2, 0) is 10.2 Å². The predicted octanol–water partition coefficient (Wildman–Crippen LogP) is 4.43. The van der Waals surface area contributed by atoms with E-state index in [2.05, 4.69) is 20.4 Å². The van der Waals surface area contributed by atoms with Gasteiger partial charge < -0.3 is 9.84 Å². The highest BCUT2D eigenvalue weighted by Crippen LogP contribution is 2.35. The molecule has 3 nitrogen and oxygen atoms in total. The standard InChI is InChI=1S/C20H22O3/c1-6-19(22)23-18-10-8-16(12-14(18)3)20(4,5)15-7-9-17(21)13(2)11-15/h6-12,21H,1H2,2-5H3. The van der Waals surface area contributed by atoms with E-state index in [1.165, 1.54) is 0 Å². The fraction of sp³-hybridized carbons (Fsp3) is 0.250. The van der Waals surface area contributed by atoms with Gasteiger partial charge in [0.2, 0.25) is 0 Å². The quantitative estimate of drug-likeness (QED) is 0.516. The van der Waals surface area contributed by atoms with Crippen molar-refractivity contribution in [2.75, 3.05) is 0 Å². The summed E-state index contributed by atoms with van der Waals surface area (Å²) in [5.74, 6) is 0.373. The molecule has 0 aliphatic rings.